The molecule has 1 N–H and O–H groups in total. The summed E-state index contributed by atoms with van der Waals surface area (Å²) in [5, 5.41) is 7.38. The molecular formula is C29H32N4O2. The van der Waals surface area contributed by atoms with Gasteiger partial charge in [0.1, 0.15) is 0 Å². The largest absolute Gasteiger partial charge is 0.341 e. The van der Waals surface area contributed by atoms with Gasteiger partial charge in [0.15, 0.2) is 0 Å². The van der Waals surface area contributed by atoms with Gasteiger partial charge >= 0.3 is 0 Å². The quantitative estimate of drug-likeness (QED) is 0.616. The van der Waals surface area contributed by atoms with Crippen LogP contribution in [0.25, 0.3) is 0 Å². The van der Waals surface area contributed by atoms with Crippen molar-refractivity contribution in [2.45, 2.75) is 56.4 Å². The molecule has 1 aromatic heterocycles. The molecule has 3 aliphatic rings. The third kappa shape index (κ3) is 3.85. The van der Waals surface area contributed by atoms with E-state index < -0.39 is 5.41 Å². The number of fused-ring (bicyclic) bond motifs is 1. The van der Waals surface area contributed by atoms with Crippen LogP contribution in [0.1, 0.15) is 70.8 Å². The average Bonchev–Trinajstić information content (AvgIpc) is 3.69. The Balaban J connectivity index is 1.19. The van der Waals surface area contributed by atoms with Gasteiger partial charge < -0.3 is 9.80 Å². The van der Waals surface area contributed by atoms with Crippen LogP contribution in [0, 0.1) is 0 Å². The third-order valence-electron chi connectivity index (χ3n) is 8.39. The summed E-state index contributed by atoms with van der Waals surface area (Å²) in [4.78, 5) is 31.4. The number of nitrogens with zero attached hydrogens (tertiary/aromatic N) is 3. The summed E-state index contributed by atoms with van der Waals surface area (Å²) in [5.41, 5.74) is 4.83. The maximum absolute atomic E-state index is 13.9. The number of benzene rings is 2. The molecule has 1 saturated heterocycles. The van der Waals surface area contributed by atoms with Crippen molar-refractivity contribution in [3.63, 3.8) is 0 Å². The summed E-state index contributed by atoms with van der Waals surface area (Å²) >= 11 is 0. The zero-order valence-corrected chi connectivity index (χ0v) is 20.1. The molecule has 1 atom stereocenters. The zero-order chi connectivity index (χ0) is 23.8. The molecule has 0 radical (unpaired) electrons. The second-order valence-corrected chi connectivity index (χ2v) is 10.3. The molecule has 2 fully saturated rings. The number of carbonyl (C=O) groups excluding carboxylic acids is 2. The lowest BCUT2D eigenvalue weighted by Gasteiger charge is -2.33. The number of rotatable bonds is 4. The highest BCUT2D eigenvalue weighted by Crippen LogP contribution is 2.44. The van der Waals surface area contributed by atoms with Crippen molar-refractivity contribution >= 4 is 11.8 Å². The van der Waals surface area contributed by atoms with E-state index >= 15 is 0 Å². The van der Waals surface area contributed by atoms with Gasteiger partial charge in [-0.3, -0.25) is 14.7 Å². The van der Waals surface area contributed by atoms with Crippen molar-refractivity contribution in [1.29, 1.82) is 0 Å². The zero-order valence-electron chi connectivity index (χ0n) is 20.1. The van der Waals surface area contributed by atoms with Crippen molar-refractivity contribution in [1.82, 2.24) is 20.0 Å². The van der Waals surface area contributed by atoms with Gasteiger partial charge in [0, 0.05) is 32.1 Å². The van der Waals surface area contributed by atoms with Crippen LogP contribution < -0.4 is 0 Å². The fraction of sp³-hybridized carbons (Fsp3) is 0.414. The topological polar surface area (TPSA) is 69.3 Å². The van der Waals surface area contributed by atoms with Crippen LogP contribution in [0.2, 0.25) is 0 Å². The molecule has 2 amide bonds. The molecule has 35 heavy (non-hydrogen) atoms. The first-order chi connectivity index (χ1) is 17.2. The summed E-state index contributed by atoms with van der Waals surface area (Å²) < 4.78 is 0. The normalized spacial score (nSPS) is 21.2. The van der Waals surface area contributed by atoms with Crippen molar-refractivity contribution in [2.75, 3.05) is 19.6 Å². The monoisotopic (exact) mass is 468 g/mol. The second kappa shape index (κ2) is 8.99. The summed E-state index contributed by atoms with van der Waals surface area (Å²) in [6.45, 7) is 2.71. The molecule has 2 aromatic carbocycles. The Morgan fingerprint density at radius 3 is 2.46 bits per heavy atom. The van der Waals surface area contributed by atoms with Crippen LogP contribution in [-0.2, 0) is 23.2 Å². The average molecular weight is 469 g/mol. The number of likely N-dealkylation sites (tertiary alicyclic amines) is 1. The Bertz CT molecular complexity index is 1230. The van der Waals surface area contributed by atoms with E-state index in [9.17, 15) is 9.59 Å². The molecule has 1 aliphatic carbocycles. The SMILES string of the molecule is O=C(c1cn[nH]c1[C@H]1CCN(C(=O)C2(c3ccccc3)CCCC2)C1)N1CCc2ccccc2C1. The number of nitrogens with one attached hydrogen (secondary N) is 1. The van der Waals surface area contributed by atoms with E-state index in [-0.39, 0.29) is 17.7 Å². The van der Waals surface area contributed by atoms with E-state index in [0.717, 1.165) is 62.9 Å². The molecule has 2 aliphatic heterocycles. The molecule has 3 heterocycles. The smallest absolute Gasteiger partial charge is 0.257 e. The summed E-state index contributed by atoms with van der Waals surface area (Å²) in [5.74, 6) is 0.389. The predicted molar refractivity (Wildman–Crippen MR) is 134 cm³/mol. The second-order valence-electron chi connectivity index (χ2n) is 10.3. The van der Waals surface area contributed by atoms with Crippen molar-refractivity contribution in [3.8, 4) is 0 Å². The Kier molecular flexibility index (Phi) is 5.67. The number of amides is 2. The standard InChI is InChI=1S/C29H32N4O2/c34-27(32-16-12-21-8-4-5-9-22(21)19-32)25-18-30-31-26(25)23-13-17-33(20-23)28(35)29(14-6-7-15-29)24-10-2-1-3-11-24/h1-5,8-11,18,23H,6-7,12-17,19-20H2,(H,30,31)/t23-/m0/s1. The Hall–Kier alpha value is -3.41. The number of carbonyl (C=O) groups is 2. The number of hydrogen-bond donors (Lipinski definition) is 1. The minimum Gasteiger partial charge on any atom is -0.341 e. The van der Waals surface area contributed by atoms with Gasteiger partial charge in [0.25, 0.3) is 5.91 Å². The van der Waals surface area contributed by atoms with Crippen LogP contribution in [0.4, 0.5) is 0 Å². The highest BCUT2D eigenvalue weighted by atomic mass is 16.2. The number of aromatic amines is 1. The van der Waals surface area contributed by atoms with Crippen LogP contribution in [0.3, 0.4) is 0 Å². The van der Waals surface area contributed by atoms with Gasteiger partial charge in [-0.1, -0.05) is 67.4 Å². The molecule has 6 nitrogen and oxygen atoms in total. The van der Waals surface area contributed by atoms with E-state index in [1.165, 1.54) is 11.1 Å². The van der Waals surface area contributed by atoms with Gasteiger partial charge in [0.05, 0.1) is 22.9 Å². The molecule has 180 valence electrons. The van der Waals surface area contributed by atoms with Crippen LogP contribution in [-0.4, -0.2) is 51.4 Å². The first-order valence-electron chi connectivity index (χ1n) is 12.9. The summed E-state index contributed by atoms with van der Waals surface area (Å²) in [6.07, 6.45) is 7.42. The minimum absolute atomic E-state index is 0.0320. The minimum atomic E-state index is -0.399. The predicted octanol–water partition coefficient (Wildman–Crippen LogP) is 4.44. The summed E-state index contributed by atoms with van der Waals surface area (Å²) in [7, 11) is 0. The Morgan fingerprint density at radius 2 is 1.66 bits per heavy atom. The number of H-pyrrole nitrogens is 1. The fourth-order valence-electron chi connectivity index (χ4n) is 6.46. The van der Waals surface area contributed by atoms with E-state index in [2.05, 4.69) is 40.5 Å². The van der Waals surface area contributed by atoms with Gasteiger partial charge in [-0.2, -0.15) is 5.10 Å². The van der Waals surface area contributed by atoms with E-state index in [0.29, 0.717) is 18.7 Å². The lowest BCUT2D eigenvalue weighted by atomic mass is 9.77. The molecule has 3 aromatic rings. The maximum Gasteiger partial charge on any atom is 0.257 e. The highest BCUT2D eigenvalue weighted by Gasteiger charge is 2.46. The maximum atomic E-state index is 13.9. The molecule has 0 unspecified atom stereocenters. The summed E-state index contributed by atoms with van der Waals surface area (Å²) in [6, 6.07) is 18.7. The molecule has 6 heteroatoms. The molecule has 0 bridgehead atoms. The Labute approximate surface area is 206 Å². The molecular weight excluding hydrogens is 436 g/mol. The number of hydrogen-bond acceptors (Lipinski definition) is 3. The van der Waals surface area contributed by atoms with E-state index in [1.807, 2.05) is 34.1 Å². The lowest BCUT2D eigenvalue weighted by molar-refractivity contribution is -0.136. The van der Waals surface area contributed by atoms with Crippen LogP contribution in [0.5, 0.6) is 0 Å². The molecule has 0 spiro atoms. The van der Waals surface area contributed by atoms with Gasteiger partial charge in [-0.25, -0.2) is 0 Å². The van der Waals surface area contributed by atoms with E-state index in [1.54, 1.807) is 6.20 Å². The number of aromatic nitrogens is 2. The Morgan fingerprint density at radius 1 is 0.914 bits per heavy atom. The molecule has 6 rings (SSSR count). The first-order valence-corrected chi connectivity index (χ1v) is 12.9. The van der Waals surface area contributed by atoms with E-state index in [4.69, 9.17) is 0 Å². The van der Waals surface area contributed by atoms with Gasteiger partial charge in [-0.15, -0.1) is 0 Å². The van der Waals surface area contributed by atoms with Gasteiger partial charge in [0.2, 0.25) is 5.91 Å². The highest BCUT2D eigenvalue weighted by molar-refractivity contribution is 5.95. The van der Waals surface area contributed by atoms with Gasteiger partial charge in [-0.05, 0) is 42.4 Å². The van der Waals surface area contributed by atoms with Crippen molar-refractivity contribution in [2.24, 2.45) is 0 Å². The first kappa shape index (κ1) is 22.1. The third-order valence-corrected chi connectivity index (χ3v) is 8.39. The van der Waals surface area contributed by atoms with Crippen molar-refractivity contribution < 1.29 is 9.59 Å². The van der Waals surface area contributed by atoms with Crippen molar-refractivity contribution in [3.05, 3.63) is 88.7 Å². The molecule has 1 saturated carbocycles. The lowest BCUT2D eigenvalue weighted by Crippen LogP contribution is -2.44. The van der Waals surface area contributed by atoms with Crippen LogP contribution in [0.15, 0.2) is 60.8 Å². The fourth-order valence-corrected chi connectivity index (χ4v) is 6.46. The van der Waals surface area contributed by atoms with Crippen LogP contribution >= 0.6 is 0 Å².